The number of aliphatic carboxylic acids is 1. The van der Waals surface area contributed by atoms with Crippen LogP contribution in [0.1, 0.15) is 11.3 Å². The van der Waals surface area contributed by atoms with Gasteiger partial charge in [0.2, 0.25) is 0 Å². The number of aromatic nitrogens is 1. The highest BCUT2D eigenvalue weighted by Crippen LogP contribution is 2.26. The molecule has 0 aliphatic carbocycles. The molecule has 0 aliphatic rings. The van der Waals surface area contributed by atoms with Gasteiger partial charge in [-0.3, -0.25) is 4.79 Å². The maximum Gasteiger partial charge on any atom is 0.309 e. The minimum atomic E-state index is -0.876. The van der Waals surface area contributed by atoms with Crippen molar-refractivity contribution in [2.24, 2.45) is 0 Å². The van der Waals surface area contributed by atoms with Crippen LogP contribution in [-0.4, -0.2) is 29.3 Å². The summed E-state index contributed by atoms with van der Waals surface area (Å²) in [6.07, 6.45) is -0.0569. The molecule has 0 spiro atoms. The Balaban J connectivity index is 1.50. The van der Waals surface area contributed by atoms with Gasteiger partial charge in [-0.2, -0.15) is 0 Å². The van der Waals surface area contributed by atoms with E-state index in [0.717, 1.165) is 27.6 Å². The van der Waals surface area contributed by atoms with Crippen molar-refractivity contribution >= 4 is 17.3 Å². The highest BCUT2D eigenvalue weighted by Gasteiger charge is 2.08. The molecule has 3 rings (SSSR count). The third-order valence-corrected chi connectivity index (χ3v) is 4.54. The van der Waals surface area contributed by atoms with E-state index in [1.165, 1.54) is 11.3 Å². The first-order valence-electron chi connectivity index (χ1n) is 8.19. The molecule has 0 saturated carbocycles. The summed E-state index contributed by atoms with van der Waals surface area (Å²) in [4.78, 5) is 15.1. The lowest BCUT2D eigenvalue weighted by molar-refractivity contribution is -0.136. The zero-order chi connectivity index (χ0) is 18.4. The predicted octanol–water partition coefficient (Wildman–Crippen LogP) is 4.20. The summed E-state index contributed by atoms with van der Waals surface area (Å²) < 4.78 is 11.3. The molecule has 0 fully saturated rings. The highest BCUT2D eigenvalue weighted by molar-refractivity contribution is 7.13. The van der Waals surface area contributed by atoms with Crippen molar-refractivity contribution in [3.8, 4) is 22.1 Å². The Hall–Kier alpha value is -2.86. The fourth-order valence-corrected chi connectivity index (χ4v) is 3.22. The van der Waals surface area contributed by atoms with Gasteiger partial charge in [-0.25, -0.2) is 4.98 Å². The van der Waals surface area contributed by atoms with Gasteiger partial charge in [-0.15, -0.1) is 11.3 Å². The van der Waals surface area contributed by atoms with E-state index in [-0.39, 0.29) is 6.42 Å². The molecular formula is C20H19NO4S. The molecule has 0 saturated heterocycles. The molecule has 26 heavy (non-hydrogen) atoms. The maximum absolute atomic E-state index is 10.7. The van der Waals surface area contributed by atoms with E-state index < -0.39 is 5.97 Å². The third-order valence-electron chi connectivity index (χ3n) is 3.60. The minimum absolute atomic E-state index is 0.0569. The number of thiazole rings is 1. The molecule has 0 unspecified atom stereocenters. The van der Waals surface area contributed by atoms with Crippen LogP contribution in [0.15, 0.2) is 53.9 Å². The van der Waals surface area contributed by atoms with E-state index in [1.54, 1.807) is 5.38 Å². The van der Waals surface area contributed by atoms with Crippen LogP contribution in [0.4, 0.5) is 0 Å². The molecule has 1 N–H and O–H groups in total. The van der Waals surface area contributed by atoms with Crippen LogP contribution in [0.25, 0.3) is 10.6 Å². The normalized spacial score (nSPS) is 10.5. The fourth-order valence-electron chi connectivity index (χ4n) is 2.39. The molecule has 134 valence electrons. The molecule has 1 aromatic heterocycles. The molecule has 0 bridgehead atoms. The fraction of sp³-hybridized carbons (Fsp3) is 0.200. The lowest BCUT2D eigenvalue weighted by Gasteiger charge is -2.09. The monoisotopic (exact) mass is 369 g/mol. The summed E-state index contributed by atoms with van der Waals surface area (Å²) in [6, 6.07) is 15.5. The van der Waals surface area contributed by atoms with Crippen LogP contribution in [0.5, 0.6) is 11.5 Å². The number of benzene rings is 2. The molecule has 1 heterocycles. The average molecular weight is 369 g/mol. The molecule has 0 aliphatic heterocycles. The number of carboxylic acids is 1. The van der Waals surface area contributed by atoms with Crippen molar-refractivity contribution in [3.63, 3.8) is 0 Å². The van der Waals surface area contributed by atoms with Crippen LogP contribution < -0.4 is 9.47 Å². The van der Waals surface area contributed by atoms with Gasteiger partial charge >= 0.3 is 5.97 Å². The number of aryl methyl sites for hydroxylation is 1. The van der Waals surface area contributed by atoms with Crippen LogP contribution in [-0.2, 0) is 11.2 Å². The van der Waals surface area contributed by atoms with E-state index in [9.17, 15) is 4.79 Å². The first-order chi connectivity index (χ1) is 12.6. The van der Waals surface area contributed by atoms with Gasteiger partial charge in [-0.1, -0.05) is 12.1 Å². The number of carbonyl (C=O) groups is 1. The van der Waals surface area contributed by atoms with E-state index in [1.807, 2.05) is 55.5 Å². The summed E-state index contributed by atoms with van der Waals surface area (Å²) in [6.45, 7) is 2.95. The van der Waals surface area contributed by atoms with Crippen LogP contribution >= 0.6 is 11.3 Å². The van der Waals surface area contributed by atoms with E-state index in [2.05, 4.69) is 4.98 Å². The number of ether oxygens (including phenoxy) is 2. The molecule has 5 nitrogen and oxygen atoms in total. The second-order valence-corrected chi connectivity index (χ2v) is 6.61. The lowest BCUT2D eigenvalue weighted by atomic mass is 10.2. The lowest BCUT2D eigenvalue weighted by Crippen LogP contribution is -2.08. The molecule has 0 atom stereocenters. The van der Waals surface area contributed by atoms with Gasteiger partial charge in [0, 0.05) is 10.9 Å². The second kappa shape index (κ2) is 8.49. The molecule has 0 radical (unpaired) electrons. The Morgan fingerprint density at radius 3 is 2.50 bits per heavy atom. The quantitative estimate of drug-likeness (QED) is 0.603. The zero-order valence-corrected chi connectivity index (χ0v) is 15.2. The van der Waals surface area contributed by atoms with Crippen molar-refractivity contribution in [2.75, 3.05) is 13.2 Å². The second-order valence-electron chi connectivity index (χ2n) is 5.75. The first kappa shape index (κ1) is 17.9. The summed E-state index contributed by atoms with van der Waals surface area (Å²) >= 11 is 1.44. The SMILES string of the molecule is Cc1cccc(OCCOc2ccc(-c3nc(CC(=O)O)cs3)cc2)c1. The van der Waals surface area contributed by atoms with Gasteiger partial charge in [-0.05, 0) is 48.9 Å². The van der Waals surface area contributed by atoms with Crippen molar-refractivity contribution in [1.29, 1.82) is 0 Å². The van der Waals surface area contributed by atoms with Crippen molar-refractivity contribution in [1.82, 2.24) is 4.98 Å². The van der Waals surface area contributed by atoms with E-state index in [4.69, 9.17) is 14.6 Å². The maximum atomic E-state index is 10.7. The largest absolute Gasteiger partial charge is 0.490 e. The smallest absolute Gasteiger partial charge is 0.309 e. The van der Waals surface area contributed by atoms with Gasteiger partial charge in [0.15, 0.2) is 0 Å². The standard InChI is InChI=1S/C20H19NO4S/c1-14-3-2-4-18(11-14)25-10-9-24-17-7-5-15(6-8-17)20-21-16(13-26-20)12-19(22)23/h2-8,11,13H,9-10,12H2,1H3,(H,22,23). The number of hydrogen-bond acceptors (Lipinski definition) is 5. The number of carboxylic acid groups (broad SMARTS) is 1. The summed E-state index contributed by atoms with van der Waals surface area (Å²) in [5.41, 5.74) is 2.67. The molecule has 6 heteroatoms. The molecular weight excluding hydrogens is 350 g/mol. The van der Waals surface area contributed by atoms with Crippen molar-refractivity contribution in [2.45, 2.75) is 13.3 Å². The van der Waals surface area contributed by atoms with Crippen molar-refractivity contribution in [3.05, 3.63) is 65.2 Å². The van der Waals surface area contributed by atoms with Crippen LogP contribution in [0.3, 0.4) is 0 Å². The van der Waals surface area contributed by atoms with E-state index >= 15 is 0 Å². The Kier molecular flexibility index (Phi) is 5.86. The Morgan fingerprint density at radius 2 is 1.81 bits per heavy atom. The third kappa shape index (κ3) is 5.07. The Labute approximate surface area is 155 Å². The highest BCUT2D eigenvalue weighted by atomic mass is 32.1. The topological polar surface area (TPSA) is 68.7 Å². The van der Waals surface area contributed by atoms with Crippen LogP contribution in [0, 0.1) is 6.92 Å². The summed E-state index contributed by atoms with van der Waals surface area (Å²) in [5.74, 6) is 0.715. The molecule has 2 aromatic carbocycles. The summed E-state index contributed by atoms with van der Waals surface area (Å²) in [5, 5.41) is 11.4. The van der Waals surface area contributed by atoms with Gasteiger partial charge in [0.25, 0.3) is 0 Å². The van der Waals surface area contributed by atoms with Gasteiger partial charge in [0.1, 0.15) is 29.7 Å². The van der Waals surface area contributed by atoms with Crippen molar-refractivity contribution < 1.29 is 19.4 Å². The first-order valence-corrected chi connectivity index (χ1v) is 9.07. The molecule has 3 aromatic rings. The number of rotatable bonds is 8. The van der Waals surface area contributed by atoms with Gasteiger partial charge in [0.05, 0.1) is 12.1 Å². The van der Waals surface area contributed by atoms with Gasteiger partial charge < -0.3 is 14.6 Å². The number of hydrogen-bond donors (Lipinski definition) is 1. The Morgan fingerprint density at radius 1 is 1.08 bits per heavy atom. The summed E-state index contributed by atoms with van der Waals surface area (Å²) in [7, 11) is 0. The van der Waals surface area contributed by atoms with Crippen LogP contribution in [0.2, 0.25) is 0 Å². The average Bonchev–Trinajstić information content (AvgIpc) is 3.07. The predicted molar refractivity (Wildman–Crippen MR) is 101 cm³/mol. The number of nitrogens with zero attached hydrogens (tertiary/aromatic N) is 1. The van der Waals surface area contributed by atoms with E-state index in [0.29, 0.717) is 18.9 Å². The zero-order valence-electron chi connectivity index (χ0n) is 14.3. The molecule has 0 amide bonds. The minimum Gasteiger partial charge on any atom is -0.490 e. The Bertz CT molecular complexity index is 874.